The number of nitrogens with zero attached hydrogens (tertiary/aromatic N) is 1. The van der Waals surface area contributed by atoms with Crippen LogP contribution in [0.2, 0.25) is 5.02 Å². The van der Waals surface area contributed by atoms with Crippen molar-refractivity contribution in [3.63, 3.8) is 0 Å². The largest absolute Gasteiger partial charge is 0.496 e. The van der Waals surface area contributed by atoms with Crippen molar-refractivity contribution in [1.29, 1.82) is 0 Å². The van der Waals surface area contributed by atoms with E-state index in [1.165, 1.54) is 0 Å². The number of thiazole rings is 1. The zero-order valence-electron chi connectivity index (χ0n) is 9.44. The van der Waals surface area contributed by atoms with Crippen LogP contribution in [-0.4, -0.2) is 18.6 Å². The van der Waals surface area contributed by atoms with Crippen molar-refractivity contribution in [2.45, 2.75) is 6.42 Å². The highest BCUT2D eigenvalue weighted by Gasteiger charge is 2.10. The first-order valence-electron chi connectivity index (χ1n) is 5.23. The normalized spacial score (nSPS) is 10.5. The van der Waals surface area contributed by atoms with Gasteiger partial charge in [-0.15, -0.1) is 11.3 Å². The van der Waals surface area contributed by atoms with Crippen LogP contribution in [0.5, 0.6) is 5.75 Å². The van der Waals surface area contributed by atoms with Crippen molar-refractivity contribution in [2.24, 2.45) is 5.73 Å². The molecule has 2 rings (SSSR count). The molecule has 0 bridgehead atoms. The second kappa shape index (κ2) is 5.49. The van der Waals surface area contributed by atoms with E-state index >= 15 is 0 Å². The molecule has 0 aliphatic heterocycles. The average Bonchev–Trinajstić information content (AvgIpc) is 2.78. The minimum Gasteiger partial charge on any atom is -0.496 e. The first kappa shape index (κ1) is 12.4. The van der Waals surface area contributed by atoms with Gasteiger partial charge in [-0.25, -0.2) is 4.98 Å². The zero-order chi connectivity index (χ0) is 12.3. The van der Waals surface area contributed by atoms with Crippen LogP contribution < -0.4 is 10.5 Å². The first-order valence-corrected chi connectivity index (χ1v) is 6.48. The van der Waals surface area contributed by atoms with E-state index in [2.05, 4.69) is 4.98 Å². The monoisotopic (exact) mass is 268 g/mol. The van der Waals surface area contributed by atoms with E-state index in [0.29, 0.717) is 11.6 Å². The van der Waals surface area contributed by atoms with Crippen molar-refractivity contribution >= 4 is 22.9 Å². The number of nitrogens with two attached hydrogens (primary N) is 1. The lowest BCUT2D eigenvalue weighted by Crippen LogP contribution is -2.02. The fourth-order valence-corrected chi connectivity index (χ4v) is 2.59. The Morgan fingerprint density at radius 3 is 3.00 bits per heavy atom. The van der Waals surface area contributed by atoms with Crippen molar-refractivity contribution < 1.29 is 4.74 Å². The maximum absolute atomic E-state index is 5.99. The lowest BCUT2D eigenvalue weighted by atomic mass is 10.2. The third-order valence-corrected chi connectivity index (χ3v) is 3.50. The van der Waals surface area contributed by atoms with E-state index in [-0.39, 0.29) is 0 Å². The Balaban J connectivity index is 2.40. The molecule has 17 heavy (non-hydrogen) atoms. The molecule has 0 saturated carbocycles. The molecule has 2 aromatic rings. The Morgan fingerprint density at radius 2 is 2.29 bits per heavy atom. The molecule has 0 aliphatic carbocycles. The molecule has 0 atom stereocenters. The Bertz CT molecular complexity index is 513. The molecular weight excluding hydrogens is 256 g/mol. The van der Waals surface area contributed by atoms with Gasteiger partial charge in [0.1, 0.15) is 10.8 Å². The number of ether oxygens (including phenoxy) is 1. The topological polar surface area (TPSA) is 48.1 Å². The maximum Gasteiger partial charge on any atom is 0.129 e. The molecule has 0 spiro atoms. The minimum absolute atomic E-state index is 0.607. The Hall–Kier alpha value is -1.10. The summed E-state index contributed by atoms with van der Waals surface area (Å²) in [6, 6.07) is 5.52. The molecule has 0 aliphatic rings. The molecule has 0 fully saturated rings. The minimum atomic E-state index is 0.607. The van der Waals surface area contributed by atoms with E-state index in [1.54, 1.807) is 24.5 Å². The molecule has 1 aromatic heterocycles. The number of rotatable bonds is 4. The number of methoxy groups -OCH3 is 1. The van der Waals surface area contributed by atoms with Gasteiger partial charge in [-0.2, -0.15) is 0 Å². The van der Waals surface area contributed by atoms with Gasteiger partial charge in [0.05, 0.1) is 18.4 Å². The number of benzene rings is 1. The van der Waals surface area contributed by atoms with Gasteiger partial charge >= 0.3 is 0 Å². The molecule has 3 nitrogen and oxygen atoms in total. The van der Waals surface area contributed by atoms with Gasteiger partial charge < -0.3 is 10.5 Å². The van der Waals surface area contributed by atoms with E-state index in [9.17, 15) is 0 Å². The molecule has 2 N–H and O–H groups in total. The molecular formula is C12H13ClN2OS. The second-order valence-electron chi connectivity index (χ2n) is 3.53. The molecule has 5 heteroatoms. The van der Waals surface area contributed by atoms with E-state index in [1.807, 2.05) is 17.5 Å². The van der Waals surface area contributed by atoms with Gasteiger partial charge in [0.15, 0.2) is 0 Å². The van der Waals surface area contributed by atoms with Crippen molar-refractivity contribution in [3.8, 4) is 16.3 Å². The van der Waals surface area contributed by atoms with Crippen LogP contribution in [-0.2, 0) is 6.42 Å². The highest BCUT2D eigenvalue weighted by molar-refractivity contribution is 7.13. The van der Waals surface area contributed by atoms with Crippen LogP contribution >= 0.6 is 22.9 Å². The van der Waals surface area contributed by atoms with E-state index < -0.39 is 0 Å². The molecule has 0 radical (unpaired) electrons. The third-order valence-electron chi connectivity index (χ3n) is 2.34. The maximum atomic E-state index is 5.99. The average molecular weight is 269 g/mol. The lowest BCUT2D eigenvalue weighted by molar-refractivity contribution is 0.416. The van der Waals surface area contributed by atoms with Crippen LogP contribution in [0.15, 0.2) is 23.6 Å². The summed E-state index contributed by atoms with van der Waals surface area (Å²) in [5, 5.41) is 3.60. The smallest absolute Gasteiger partial charge is 0.129 e. The summed E-state index contributed by atoms with van der Waals surface area (Å²) < 4.78 is 5.31. The summed E-state index contributed by atoms with van der Waals surface area (Å²) in [6.07, 6.45) is 0.791. The molecule has 0 saturated heterocycles. The highest BCUT2D eigenvalue weighted by atomic mass is 35.5. The summed E-state index contributed by atoms with van der Waals surface area (Å²) in [5.74, 6) is 0.781. The molecule has 90 valence electrons. The van der Waals surface area contributed by atoms with Crippen molar-refractivity contribution in [3.05, 3.63) is 34.3 Å². The number of aromatic nitrogens is 1. The fraction of sp³-hybridized carbons (Fsp3) is 0.250. The molecule has 1 heterocycles. The molecule has 0 amide bonds. The zero-order valence-corrected chi connectivity index (χ0v) is 11.0. The quantitative estimate of drug-likeness (QED) is 0.927. The van der Waals surface area contributed by atoms with E-state index in [0.717, 1.165) is 28.4 Å². The Morgan fingerprint density at radius 1 is 1.47 bits per heavy atom. The SMILES string of the molecule is COc1ccc(Cl)cc1-c1nc(CCN)cs1. The van der Waals surface area contributed by atoms with Crippen LogP contribution in [0, 0.1) is 0 Å². The summed E-state index contributed by atoms with van der Waals surface area (Å²) in [5.41, 5.74) is 7.44. The van der Waals surface area contributed by atoms with Gasteiger partial charge in [0, 0.05) is 16.8 Å². The third kappa shape index (κ3) is 2.77. The molecule has 1 aromatic carbocycles. The van der Waals surface area contributed by atoms with E-state index in [4.69, 9.17) is 22.1 Å². The van der Waals surface area contributed by atoms with Gasteiger partial charge in [0.2, 0.25) is 0 Å². The summed E-state index contributed by atoms with van der Waals surface area (Å²) in [6.45, 7) is 0.607. The predicted octanol–water partition coefficient (Wildman–Crippen LogP) is 2.97. The van der Waals surface area contributed by atoms with Crippen LogP contribution in [0.4, 0.5) is 0 Å². The van der Waals surface area contributed by atoms with Crippen LogP contribution in [0.3, 0.4) is 0 Å². The van der Waals surface area contributed by atoms with Crippen molar-refractivity contribution in [2.75, 3.05) is 13.7 Å². The Labute approximate surface area is 109 Å². The van der Waals surface area contributed by atoms with Gasteiger partial charge in [-0.3, -0.25) is 0 Å². The van der Waals surface area contributed by atoms with Gasteiger partial charge in [-0.05, 0) is 24.7 Å². The second-order valence-corrected chi connectivity index (χ2v) is 4.82. The first-order chi connectivity index (χ1) is 8.24. The van der Waals surface area contributed by atoms with Gasteiger partial charge in [-0.1, -0.05) is 11.6 Å². The number of hydrogen-bond donors (Lipinski definition) is 1. The summed E-state index contributed by atoms with van der Waals surface area (Å²) in [4.78, 5) is 4.52. The van der Waals surface area contributed by atoms with Crippen LogP contribution in [0.25, 0.3) is 10.6 Å². The predicted molar refractivity (Wildman–Crippen MR) is 71.9 cm³/mol. The lowest BCUT2D eigenvalue weighted by Gasteiger charge is -2.05. The number of hydrogen-bond acceptors (Lipinski definition) is 4. The molecule has 0 unspecified atom stereocenters. The van der Waals surface area contributed by atoms with Gasteiger partial charge in [0.25, 0.3) is 0 Å². The Kier molecular flexibility index (Phi) is 3.99. The standard InChI is InChI=1S/C12H13ClN2OS/c1-16-11-3-2-8(13)6-10(11)12-15-9(4-5-14)7-17-12/h2-3,6-7H,4-5,14H2,1H3. The van der Waals surface area contributed by atoms with Crippen molar-refractivity contribution in [1.82, 2.24) is 4.98 Å². The highest BCUT2D eigenvalue weighted by Crippen LogP contribution is 2.34. The number of halogens is 1. The summed E-state index contributed by atoms with van der Waals surface area (Å²) in [7, 11) is 1.64. The summed E-state index contributed by atoms with van der Waals surface area (Å²) >= 11 is 7.57. The van der Waals surface area contributed by atoms with Crippen LogP contribution in [0.1, 0.15) is 5.69 Å². The fourth-order valence-electron chi connectivity index (χ4n) is 1.54.